The van der Waals surface area contributed by atoms with Gasteiger partial charge in [0.05, 0.1) is 5.57 Å². The van der Waals surface area contributed by atoms with Crippen molar-refractivity contribution in [2.45, 2.75) is 65.5 Å². The van der Waals surface area contributed by atoms with Crippen molar-refractivity contribution in [3.63, 3.8) is 0 Å². The van der Waals surface area contributed by atoms with Gasteiger partial charge in [0, 0.05) is 19.8 Å². The Hall–Kier alpha value is -1.88. The lowest BCUT2D eigenvalue weighted by Gasteiger charge is -2.20. The van der Waals surface area contributed by atoms with Crippen molar-refractivity contribution in [3.8, 4) is 0 Å². The highest BCUT2D eigenvalue weighted by Gasteiger charge is 2.30. The van der Waals surface area contributed by atoms with Crippen LogP contribution in [0.5, 0.6) is 0 Å². The second kappa shape index (κ2) is 10.6. The molecule has 2 rings (SSSR count). The SMILES string of the molecule is C=C(CC)CC1=C(C)SC2=CC(CC/C(=C/C(=C)C(F)(F)F)N(C)C)=CC(C)=C1CC2. The number of halogens is 3. The molecule has 0 N–H and O–H groups in total. The van der Waals surface area contributed by atoms with Gasteiger partial charge in [-0.3, -0.25) is 0 Å². The third-order valence-corrected chi connectivity index (χ3v) is 6.93. The van der Waals surface area contributed by atoms with Crippen molar-refractivity contribution in [2.24, 2.45) is 0 Å². The quantitative estimate of drug-likeness (QED) is 0.269. The van der Waals surface area contributed by atoms with Crippen LogP contribution >= 0.6 is 11.8 Å². The molecule has 2 aliphatic rings. The largest absolute Gasteiger partial charge is 0.415 e. The average Bonchev–Trinajstić information content (AvgIpc) is 2.79. The second-order valence-corrected chi connectivity index (χ2v) is 9.80. The van der Waals surface area contributed by atoms with Crippen molar-refractivity contribution < 1.29 is 13.2 Å². The number of fused-ring (bicyclic) bond motifs is 3. The maximum atomic E-state index is 13.0. The number of thioether (sulfide) groups is 1. The lowest BCUT2D eigenvalue weighted by molar-refractivity contribution is -0.0879. The maximum Gasteiger partial charge on any atom is 0.415 e. The van der Waals surface area contributed by atoms with Gasteiger partial charge in [-0.25, -0.2) is 0 Å². The first-order valence-electron chi connectivity index (χ1n) is 10.7. The molecular formula is C26H34F3NS. The topological polar surface area (TPSA) is 3.24 Å². The summed E-state index contributed by atoms with van der Waals surface area (Å²) in [5.41, 5.74) is 6.25. The predicted molar refractivity (Wildman–Crippen MR) is 129 cm³/mol. The van der Waals surface area contributed by atoms with Crippen LogP contribution in [-0.4, -0.2) is 25.2 Å². The van der Waals surface area contributed by atoms with Crippen molar-refractivity contribution >= 4 is 11.8 Å². The van der Waals surface area contributed by atoms with Crippen molar-refractivity contribution in [1.82, 2.24) is 4.90 Å². The summed E-state index contributed by atoms with van der Waals surface area (Å²) in [5, 5.41) is 0. The van der Waals surface area contributed by atoms with Gasteiger partial charge in [0.2, 0.25) is 0 Å². The summed E-state index contributed by atoms with van der Waals surface area (Å²) in [6.45, 7) is 13.9. The highest BCUT2D eigenvalue weighted by molar-refractivity contribution is 8.06. The summed E-state index contributed by atoms with van der Waals surface area (Å²) in [7, 11) is 3.55. The standard InChI is InChI=1S/C26H34F3NS/c1-8-17(2)13-25-20(5)31-23-11-12-24(25)18(3)14-21(16-23)9-10-22(30(6)7)15-19(4)26(27,28)29/h14-16H,2,4,8-13H2,1,3,5-7H3/b21-14?,22-15-,23-16?,24-18?. The van der Waals surface area contributed by atoms with E-state index in [2.05, 4.69) is 46.1 Å². The molecule has 0 amide bonds. The highest BCUT2D eigenvalue weighted by atomic mass is 32.2. The van der Waals surface area contributed by atoms with Gasteiger partial charge >= 0.3 is 6.18 Å². The van der Waals surface area contributed by atoms with E-state index in [0.717, 1.165) is 37.3 Å². The maximum absolute atomic E-state index is 13.0. The lowest BCUT2D eigenvalue weighted by Crippen LogP contribution is -2.15. The molecule has 0 saturated heterocycles. The van der Waals surface area contributed by atoms with Gasteiger partial charge < -0.3 is 4.90 Å². The molecule has 0 aromatic rings. The minimum absolute atomic E-state index is 0.525. The zero-order valence-corrected chi connectivity index (χ0v) is 20.2. The molecule has 5 heteroatoms. The Balaban J connectivity index is 2.33. The number of hydrogen-bond acceptors (Lipinski definition) is 2. The van der Waals surface area contributed by atoms with E-state index < -0.39 is 11.7 Å². The fourth-order valence-electron chi connectivity index (χ4n) is 3.80. The van der Waals surface area contributed by atoms with Crippen LogP contribution in [-0.2, 0) is 0 Å². The fraction of sp³-hybridized carbons (Fsp3) is 0.462. The summed E-state index contributed by atoms with van der Waals surface area (Å²) < 4.78 is 38.9. The van der Waals surface area contributed by atoms with Crippen LogP contribution in [0.15, 0.2) is 80.3 Å². The molecule has 170 valence electrons. The van der Waals surface area contributed by atoms with Crippen LogP contribution in [0, 0.1) is 0 Å². The summed E-state index contributed by atoms with van der Waals surface area (Å²) in [6.07, 6.45) is 6.31. The van der Waals surface area contributed by atoms with E-state index in [1.807, 2.05) is 11.8 Å². The molecule has 0 spiro atoms. The Kier molecular flexibility index (Phi) is 8.70. The van der Waals surface area contributed by atoms with Gasteiger partial charge in [-0.05, 0) is 96.6 Å². The normalized spacial score (nSPS) is 17.7. The highest BCUT2D eigenvalue weighted by Crippen LogP contribution is 2.44. The average molecular weight is 450 g/mol. The van der Waals surface area contributed by atoms with Crippen molar-refractivity contribution in [3.05, 3.63) is 80.3 Å². The molecule has 1 aliphatic heterocycles. The summed E-state index contributed by atoms with van der Waals surface area (Å²) in [6, 6.07) is 0. The van der Waals surface area contributed by atoms with Crippen LogP contribution in [0.25, 0.3) is 0 Å². The smallest absolute Gasteiger partial charge is 0.381 e. The first kappa shape index (κ1) is 25.4. The third kappa shape index (κ3) is 7.06. The van der Waals surface area contributed by atoms with Gasteiger partial charge in [-0.15, -0.1) is 0 Å². The van der Waals surface area contributed by atoms with E-state index in [4.69, 9.17) is 0 Å². The second-order valence-electron chi connectivity index (χ2n) is 8.46. The van der Waals surface area contributed by atoms with Crippen LogP contribution in [0.3, 0.4) is 0 Å². The number of allylic oxidation sites excluding steroid dienone is 12. The molecule has 0 saturated carbocycles. The molecule has 1 nitrogen and oxygen atoms in total. The summed E-state index contributed by atoms with van der Waals surface area (Å²) in [4.78, 5) is 4.39. The molecular weight excluding hydrogens is 415 g/mol. The monoisotopic (exact) mass is 449 g/mol. The molecule has 0 radical (unpaired) electrons. The molecule has 2 bridgehead atoms. The summed E-state index contributed by atoms with van der Waals surface area (Å²) in [5.74, 6) is 0. The van der Waals surface area contributed by atoms with Gasteiger partial charge in [0.25, 0.3) is 0 Å². The molecule has 0 fully saturated rings. The molecule has 0 aromatic carbocycles. The summed E-state index contributed by atoms with van der Waals surface area (Å²) >= 11 is 1.83. The molecule has 0 atom stereocenters. The van der Waals surface area contributed by atoms with Crippen LogP contribution in [0.2, 0.25) is 0 Å². The predicted octanol–water partition coefficient (Wildman–Crippen LogP) is 8.63. The molecule has 31 heavy (non-hydrogen) atoms. The Morgan fingerprint density at radius 3 is 2.42 bits per heavy atom. The van der Waals surface area contributed by atoms with E-state index in [1.54, 1.807) is 19.0 Å². The molecule has 1 aliphatic carbocycles. The Labute approximate surface area is 189 Å². The minimum Gasteiger partial charge on any atom is -0.381 e. The van der Waals surface area contributed by atoms with E-state index >= 15 is 0 Å². The first-order valence-corrected chi connectivity index (χ1v) is 11.5. The minimum atomic E-state index is -4.40. The number of alkyl halides is 3. The van der Waals surface area contributed by atoms with Crippen molar-refractivity contribution in [2.75, 3.05) is 14.1 Å². The van der Waals surface area contributed by atoms with Gasteiger partial charge in [-0.1, -0.05) is 43.5 Å². The number of rotatable bonds is 8. The van der Waals surface area contributed by atoms with E-state index in [-0.39, 0.29) is 0 Å². The molecule has 0 unspecified atom stereocenters. The van der Waals surface area contributed by atoms with Gasteiger partial charge in [0.1, 0.15) is 0 Å². The van der Waals surface area contributed by atoms with E-state index in [1.165, 1.54) is 32.1 Å². The van der Waals surface area contributed by atoms with Crippen LogP contribution < -0.4 is 0 Å². The van der Waals surface area contributed by atoms with E-state index in [9.17, 15) is 13.2 Å². The first-order chi connectivity index (χ1) is 14.4. The van der Waals surface area contributed by atoms with Crippen molar-refractivity contribution in [1.29, 1.82) is 0 Å². The van der Waals surface area contributed by atoms with Gasteiger partial charge in [0.15, 0.2) is 0 Å². The molecule has 1 heterocycles. The number of hydrogen-bond donors (Lipinski definition) is 0. The third-order valence-electron chi connectivity index (χ3n) is 5.80. The Morgan fingerprint density at radius 1 is 1.16 bits per heavy atom. The fourth-order valence-corrected chi connectivity index (χ4v) is 4.93. The Bertz CT molecular complexity index is 892. The van der Waals surface area contributed by atoms with E-state index in [0.29, 0.717) is 18.5 Å². The van der Waals surface area contributed by atoms with Gasteiger partial charge in [-0.2, -0.15) is 13.2 Å². The Morgan fingerprint density at radius 2 is 1.84 bits per heavy atom. The zero-order chi connectivity index (χ0) is 23.3. The van der Waals surface area contributed by atoms with Crippen LogP contribution in [0.4, 0.5) is 13.2 Å². The lowest BCUT2D eigenvalue weighted by atomic mass is 9.88. The van der Waals surface area contributed by atoms with Crippen LogP contribution in [0.1, 0.15) is 59.3 Å². The zero-order valence-electron chi connectivity index (χ0n) is 19.4. The number of nitrogens with zero attached hydrogens (tertiary/aromatic N) is 1. The molecule has 0 aromatic heterocycles.